The Morgan fingerprint density at radius 1 is 0.600 bits per heavy atom. The molecule has 0 amide bonds. The predicted molar refractivity (Wildman–Crippen MR) is 124 cm³/mol. The van der Waals surface area contributed by atoms with E-state index in [2.05, 4.69) is 36.4 Å². The molecular formula is C26H28Cl2N2. The lowest BCUT2D eigenvalue weighted by molar-refractivity contribution is 0.451. The smallest absolute Gasteiger partial charge is 0.0631 e. The van der Waals surface area contributed by atoms with Crippen LogP contribution in [0.15, 0.2) is 48.5 Å². The Bertz CT molecular complexity index is 815. The number of rotatable bonds is 4. The molecule has 2 aromatic carbocycles. The second-order valence-corrected chi connectivity index (χ2v) is 9.53. The Hall–Kier alpha value is -2.00. The zero-order chi connectivity index (χ0) is 21.5. The molecule has 30 heavy (non-hydrogen) atoms. The molecule has 4 rings (SSSR count). The Kier molecular flexibility index (Phi) is 7.82. The van der Waals surface area contributed by atoms with E-state index in [1.807, 2.05) is 24.3 Å². The van der Waals surface area contributed by atoms with Crippen molar-refractivity contribution >= 4 is 23.2 Å². The minimum Gasteiger partial charge on any atom is -0.198 e. The van der Waals surface area contributed by atoms with Crippen LogP contribution in [-0.4, -0.2) is 0 Å². The van der Waals surface area contributed by atoms with E-state index >= 15 is 0 Å². The number of hydrogen-bond donors (Lipinski definition) is 0. The summed E-state index contributed by atoms with van der Waals surface area (Å²) in [5.41, 5.74) is 2.79. The highest BCUT2D eigenvalue weighted by Gasteiger charge is 2.36. The SMILES string of the molecule is N#CCC1(c2ccc(Cl)cc2)CCCC1.N#CCC1(c2ccc(Cl)cc2)CCCC1. The molecule has 0 atom stereocenters. The van der Waals surface area contributed by atoms with Crippen molar-refractivity contribution in [2.24, 2.45) is 0 Å². The molecular weight excluding hydrogens is 411 g/mol. The number of halogens is 2. The second kappa shape index (κ2) is 10.3. The number of benzene rings is 2. The molecule has 2 saturated carbocycles. The summed E-state index contributed by atoms with van der Waals surface area (Å²) >= 11 is 11.8. The number of hydrogen-bond acceptors (Lipinski definition) is 2. The molecule has 0 spiro atoms. The molecule has 0 saturated heterocycles. The molecule has 2 fully saturated rings. The fourth-order valence-electron chi connectivity index (χ4n) is 5.15. The average molecular weight is 439 g/mol. The predicted octanol–water partition coefficient (Wildman–Crippen LogP) is 8.13. The zero-order valence-electron chi connectivity index (χ0n) is 17.3. The third-order valence-electron chi connectivity index (χ3n) is 6.87. The Morgan fingerprint density at radius 3 is 1.17 bits per heavy atom. The molecule has 0 unspecified atom stereocenters. The van der Waals surface area contributed by atoms with E-state index in [1.165, 1.54) is 36.8 Å². The maximum absolute atomic E-state index is 8.93. The summed E-state index contributed by atoms with van der Waals surface area (Å²) in [6.45, 7) is 0. The molecule has 0 heterocycles. The van der Waals surface area contributed by atoms with Gasteiger partial charge in [-0.3, -0.25) is 0 Å². The van der Waals surface area contributed by atoms with Crippen LogP contribution in [0.1, 0.15) is 75.3 Å². The maximum Gasteiger partial charge on any atom is 0.0631 e. The van der Waals surface area contributed by atoms with Gasteiger partial charge in [-0.2, -0.15) is 10.5 Å². The minimum atomic E-state index is 0.110. The molecule has 2 nitrogen and oxygen atoms in total. The molecule has 156 valence electrons. The van der Waals surface area contributed by atoms with Crippen LogP contribution in [0.3, 0.4) is 0 Å². The van der Waals surface area contributed by atoms with Gasteiger partial charge in [0.05, 0.1) is 12.1 Å². The van der Waals surface area contributed by atoms with Gasteiger partial charge >= 0.3 is 0 Å². The summed E-state index contributed by atoms with van der Waals surface area (Å²) < 4.78 is 0. The van der Waals surface area contributed by atoms with Crippen molar-refractivity contribution < 1.29 is 0 Å². The van der Waals surface area contributed by atoms with Gasteiger partial charge in [-0.15, -0.1) is 0 Å². The van der Waals surface area contributed by atoms with Crippen LogP contribution in [-0.2, 0) is 10.8 Å². The Morgan fingerprint density at radius 2 is 0.900 bits per heavy atom. The number of nitriles is 2. The van der Waals surface area contributed by atoms with Gasteiger partial charge in [0.25, 0.3) is 0 Å². The quantitative estimate of drug-likeness (QED) is 0.483. The van der Waals surface area contributed by atoms with Crippen molar-refractivity contribution in [3.05, 3.63) is 69.7 Å². The van der Waals surface area contributed by atoms with E-state index in [-0.39, 0.29) is 10.8 Å². The van der Waals surface area contributed by atoms with Gasteiger partial charge in [0.2, 0.25) is 0 Å². The lowest BCUT2D eigenvalue weighted by Crippen LogP contribution is -2.21. The van der Waals surface area contributed by atoms with Crippen LogP contribution in [0.5, 0.6) is 0 Å². The van der Waals surface area contributed by atoms with E-state index in [9.17, 15) is 0 Å². The molecule has 0 aromatic heterocycles. The molecule has 0 N–H and O–H groups in total. The molecule has 2 aliphatic rings. The van der Waals surface area contributed by atoms with Gasteiger partial charge < -0.3 is 0 Å². The van der Waals surface area contributed by atoms with Crippen LogP contribution in [0.25, 0.3) is 0 Å². The number of nitrogens with zero attached hydrogens (tertiary/aromatic N) is 2. The second-order valence-electron chi connectivity index (χ2n) is 8.66. The van der Waals surface area contributed by atoms with Crippen molar-refractivity contribution in [3.63, 3.8) is 0 Å². The summed E-state index contributed by atoms with van der Waals surface area (Å²) in [6, 6.07) is 20.7. The van der Waals surface area contributed by atoms with Crippen LogP contribution in [0.4, 0.5) is 0 Å². The summed E-state index contributed by atoms with van der Waals surface area (Å²) in [7, 11) is 0. The normalized spacial score (nSPS) is 18.7. The van der Waals surface area contributed by atoms with E-state index in [0.29, 0.717) is 12.8 Å². The van der Waals surface area contributed by atoms with E-state index in [4.69, 9.17) is 33.7 Å². The topological polar surface area (TPSA) is 47.6 Å². The van der Waals surface area contributed by atoms with Crippen molar-refractivity contribution in [1.29, 1.82) is 10.5 Å². The summed E-state index contributed by atoms with van der Waals surface area (Å²) in [4.78, 5) is 0. The first kappa shape index (κ1) is 22.7. The first-order valence-electron chi connectivity index (χ1n) is 10.8. The van der Waals surface area contributed by atoms with Gasteiger partial charge in [-0.25, -0.2) is 0 Å². The largest absolute Gasteiger partial charge is 0.198 e. The van der Waals surface area contributed by atoms with E-state index in [1.54, 1.807) is 0 Å². The van der Waals surface area contributed by atoms with Gasteiger partial charge in [-0.05, 0) is 61.1 Å². The third kappa shape index (κ3) is 5.18. The molecule has 0 bridgehead atoms. The van der Waals surface area contributed by atoms with E-state index < -0.39 is 0 Å². The molecule has 0 radical (unpaired) electrons. The Labute approximate surface area is 190 Å². The van der Waals surface area contributed by atoms with Gasteiger partial charge in [0, 0.05) is 33.7 Å². The summed E-state index contributed by atoms with van der Waals surface area (Å²) in [5, 5.41) is 19.4. The van der Waals surface area contributed by atoms with Crippen molar-refractivity contribution in [1.82, 2.24) is 0 Å². The third-order valence-corrected chi connectivity index (χ3v) is 7.37. The van der Waals surface area contributed by atoms with Crippen molar-refractivity contribution in [3.8, 4) is 12.1 Å². The van der Waals surface area contributed by atoms with Crippen molar-refractivity contribution in [2.75, 3.05) is 0 Å². The molecule has 2 aromatic rings. The van der Waals surface area contributed by atoms with Gasteiger partial charge in [0.15, 0.2) is 0 Å². The molecule has 0 aliphatic heterocycles. The van der Waals surface area contributed by atoms with Crippen LogP contribution in [0, 0.1) is 22.7 Å². The van der Waals surface area contributed by atoms with Crippen LogP contribution < -0.4 is 0 Å². The fraction of sp³-hybridized carbons (Fsp3) is 0.462. The highest BCUT2D eigenvalue weighted by Crippen LogP contribution is 2.44. The summed E-state index contributed by atoms with van der Waals surface area (Å²) in [6.07, 6.45) is 10.8. The maximum atomic E-state index is 8.93. The van der Waals surface area contributed by atoms with Gasteiger partial charge in [-0.1, -0.05) is 73.2 Å². The minimum absolute atomic E-state index is 0.110. The lowest BCUT2D eigenvalue weighted by Gasteiger charge is -2.26. The lowest BCUT2D eigenvalue weighted by atomic mass is 9.76. The van der Waals surface area contributed by atoms with E-state index in [0.717, 1.165) is 35.7 Å². The Balaban J connectivity index is 0.000000171. The van der Waals surface area contributed by atoms with Crippen molar-refractivity contribution in [2.45, 2.75) is 75.0 Å². The fourth-order valence-corrected chi connectivity index (χ4v) is 5.40. The first-order chi connectivity index (χ1) is 14.5. The average Bonchev–Trinajstić information content (AvgIpc) is 3.41. The molecule has 4 heteroatoms. The summed E-state index contributed by atoms with van der Waals surface area (Å²) in [5.74, 6) is 0. The zero-order valence-corrected chi connectivity index (χ0v) is 18.9. The highest BCUT2D eigenvalue weighted by atomic mass is 35.5. The standard InChI is InChI=1S/2C13H14ClN/c2*14-12-5-3-11(4-6-12)13(9-10-15)7-1-2-8-13/h2*3-6H,1-2,7-9H2. The monoisotopic (exact) mass is 438 g/mol. The molecule has 2 aliphatic carbocycles. The highest BCUT2D eigenvalue weighted by molar-refractivity contribution is 6.30. The van der Waals surface area contributed by atoms with Crippen LogP contribution >= 0.6 is 23.2 Å². The van der Waals surface area contributed by atoms with Crippen LogP contribution in [0.2, 0.25) is 10.0 Å². The van der Waals surface area contributed by atoms with Gasteiger partial charge in [0.1, 0.15) is 0 Å². The first-order valence-corrected chi connectivity index (χ1v) is 11.6.